The first-order chi connectivity index (χ1) is 29.0. The molecule has 0 amide bonds. The van der Waals surface area contributed by atoms with E-state index in [1.165, 1.54) is 6.08 Å². The summed E-state index contributed by atoms with van der Waals surface area (Å²) in [6.07, 6.45) is 10.9. The van der Waals surface area contributed by atoms with E-state index in [0.29, 0.717) is 93.8 Å². The maximum atomic E-state index is 9.20. The van der Waals surface area contributed by atoms with Crippen molar-refractivity contribution in [1.82, 2.24) is 49.0 Å². The summed E-state index contributed by atoms with van der Waals surface area (Å²) in [4.78, 5) is 49.2. The number of benzene rings is 2. The van der Waals surface area contributed by atoms with Crippen LogP contribution in [-0.4, -0.2) is 113 Å². The number of nitrogens with one attached hydrogen (secondary N) is 1. The Morgan fingerprint density at radius 1 is 0.814 bits per heavy atom. The summed E-state index contributed by atoms with van der Waals surface area (Å²) in [5.74, 6) is 4.77. The molecule has 2 aromatic carbocycles. The number of H-pyrrole nitrogens is 1. The van der Waals surface area contributed by atoms with Crippen molar-refractivity contribution in [2.75, 3.05) is 67.2 Å². The summed E-state index contributed by atoms with van der Waals surface area (Å²) in [7, 11) is 0. The molecular formula is C42H41N15O2. The van der Waals surface area contributed by atoms with Crippen molar-refractivity contribution in [1.29, 1.82) is 5.26 Å². The van der Waals surface area contributed by atoms with E-state index in [-0.39, 0.29) is 12.3 Å². The van der Waals surface area contributed by atoms with E-state index in [0.717, 1.165) is 45.2 Å². The van der Waals surface area contributed by atoms with Crippen molar-refractivity contribution in [2.24, 2.45) is 4.99 Å². The van der Waals surface area contributed by atoms with E-state index >= 15 is 0 Å². The van der Waals surface area contributed by atoms with Gasteiger partial charge in [-0.2, -0.15) is 35.2 Å². The molecule has 5 aromatic heterocycles. The lowest BCUT2D eigenvalue weighted by molar-refractivity contribution is -0.00606. The Balaban J connectivity index is 1.01. The number of nitrogens with zero attached hydrogens (tertiary/aromatic N) is 14. The van der Waals surface area contributed by atoms with E-state index in [9.17, 15) is 5.26 Å². The van der Waals surface area contributed by atoms with Gasteiger partial charge in [0.15, 0.2) is 17.9 Å². The summed E-state index contributed by atoms with van der Waals surface area (Å²) in [5, 5.41) is 11.2. The topological polar surface area (TPSA) is 180 Å². The second-order valence-corrected chi connectivity index (χ2v) is 14.6. The molecule has 17 heteroatoms. The zero-order valence-electron chi connectivity index (χ0n) is 32.7. The van der Waals surface area contributed by atoms with Crippen LogP contribution < -0.4 is 14.7 Å². The van der Waals surface area contributed by atoms with Gasteiger partial charge in [0.05, 0.1) is 44.0 Å². The summed E-state index contributed by atoms with van der Waals surface area (Å²) in [6.45, 7) is 9.00. The standard InChI is InChI=1S/C42H41N15O2/c1-3-34-46-27(2)25-57(34)42-50-37(30-7-4-9-32-28(30)12-15-44-32)48-40(52-42)54-21-24-59-36(26-54)55-17-13-29-31(8-5-10-33(29)55)38-47-39(53-19-22-58-23-20-53)51-41(49-38)56-18-16-45-35(56)11-6-14-43/h4-13,15-18,27,36,44H,3,19-26H2,1-2H3/b11-6+. The van der Waals surface area contributed by atoms with Gasteiger partial charge in [0.2, 0.25) is 23.8 Å². The van der Waals surface area contributed by atoms with Crippen molar-refractivity contribution >= 4 is 51.6 Å². The summed E-state index contributed by atoms with van der Waals surface area (Å²) in [6, 6.07) is 18.6. The van der Waals surface area contributed by atoms with Crippen LogP contribution in [0.3, 0.4) is 0 Å². The number of hydrogen-bond acceptors (Lipinski definition) is 14. The highest BCUT2D eigenvalue weighted by molar-refractivity contribution is 5.99. The second-order valence-electron chi connectivity index (χ2n) is 14.6. The molecule has 0 radical (unpaired) electrons. The fourth-order valence-electron chi connectivity index (χ4n) is 8.05. The molecule has 7 aromatic rings. The second kappa shape index (κ2) is 15.4. The number of fused-ring (bicyclic) bond motifs is 2. The highest BCUT2D eigenvalue weighted by atomic mass is 16.5. The highest BCUT2D eigenvalue weighted by Crippen LogP contribution is 2.34. The number of hydrogen-bond donors (Lipinski definition) is 1. The molecule has 10 rings (SSSR count). The minimum atomic E-state index is -0.342. The minimum Gasteiger partial charge on any atom is -0.378 e. The Labute approximate surface area is 339 Å². The Morgan fingerprint density at radius 2 is 1.56 bits per heavy atom. The van der Waals surface area contributed by atoms with Crippen molar-refractivity contribution in [3.63, 3.8) is 0 Å². The van der Waals surface area contributed by atoms with Gasteiger partial charge in [-0.05, 0) is 37.3 Å². The lowest BCUT2D eigenvalue weighted by Gasteiger charge is -2.34. The SMILES string of the molecule is CCC1=NC(C)CN1c1nc(-c2cccc3[nH]ccc23)nc(N2CCOC(n3ccc4c(-c5nc(N6CCOCC6)nc(-n6ccnc6/C=C/C#N)n5)cccc43)C2)n1. The number of nitriles is 1. The maximum absolute atomic E-state index is 9.20. The van der Waals surface area contributed by atoms with Crippen molar-refractivity contribution in [3.05, 3.63) is 85.2 Å². The van der Waals surface area contributed by atoms with Gasteiger partial charge in [0, 0.05) is 90.9 Å². The van der Waals surface area contributed by atoms with Crippen LogP contribution in [0.4, 0.5) is 17.8 Å². The molecule has 8 heterocycles. The molecule has 3 aliphatic rings. The lowest BCUT2D eigenvalue weighted by Crippen LogP contribution is -2.41. The van der Waals surface area contributed by atoms with Crippen LogP contribution >= 0.6 is 0 Å². The summed E-state index contributed by atoms with van der Waals surface area (Å²) < 4.78 is 16.0. The first-order valence-electron chi connectivity index (χ1n) is 19.9. The van der Waals surface area contributed by atoms with Gasteiger partial charge in [0.1, 0.15) is 11.7 Å². The molecule has 1 N–H and O–H groups in total. The van der Waals surface area contributed by atoms with Crippen molar-refractivity contribution < 1.29 is 9.47 Å². The quantitative estimate of drug-likeness (QED) is 0.183. The number of rotatable bonds is 9. The van der Waals surface area contributed by atoms with Crippen LogP contribution in [0.25, 0.3) is 56.6 Å². The molecule has 3 aliphatic heterocycles. The first-order valence-corrected chi connectivity index (χ1v) is 19.9. The average Bonchev–Trinajstić information content (AvgIpc) is 4.12. The van der Waals surface area contributed by atoms with Gasteiger partial charge in [-0.3, -0.25) is 14.5 Å². The molecular weight excluding hydrogens is 747 g/mol. The number of aromatic nitrogens is 10. The first kappa shape index (κ1) is 36.3. The monoisotopic (exact) mass is 787 g/mol. The average molecular weight is 788 g/mol. The zero-order valence-corrected chi connectivity index (χ0v) is 32.7. The highest BCUT2D eigenvalue weighted by Gasteiger charge is 2.30. The van der Waals surface area contributed by atoms with Crippen LogP contribution in [0.2, 0.25) is 0 Å². The smallest absolute Gasteiger partial charge is 0.240 e. The minimum absolute atomic E-state index is 0.145. The molecule has 296 valence electrons. The molecule has 59 heavy (non-hydrogen) atoms. The van der Waals surface area contributed by atoms with E-state index in [1.807, 2.05) is 30.5 Å². The molecule has 2 unspecified atom stereocenters. The Kier molecular flexibility index (Phi) is 9.47. The van der Waals surface area contributed by atoms with Crippen LogP contribution in [0.15, 0.2) is 84.4 Å². The molecule has 0 saturated carbocycles. The molecule has 17 nitrogen and oxygen atoms in total. The van der Waals surface area contributed by atoms with E-state index < -0.39 is 0 Å². The molecule has 0 aliphatic carbocycles. The van der Waals surface area contributed by atoms with Gasteiger partial charge in [0.25, 0.3) is 0 Å². The number of ether oxygens (including phenoxy) is 2. The summed E-state index contributed by atoms with van der Waals surface area (Å²) >= 11 is 0. The molecule has 2 fully saturated rings. The largest absolute Gasteiger partial charge is 0.378 e. The molecule has 2 atom stereocenters. The number of amidine groups is 1. The fourth-order valence-corrected chi connectivity index (χ4v) is 8.05. The number of morpholine rings is 2. The van der Waals surface area contributed by atoms with E-state index in [1.54, 1.807) is 23.0 Å². The van der Waals surface area contributed by atoms with Gasteiger partial charge in [-0.1, -0.05) is 31.2 Å². The van der Waals surface area contributed by atoms with Crippen LogP contribution in [0.5, 0.6) is 0 Å². The number of aromatic amines is 1. The Bertz CT molecular complexity index is 2770. The van der Waals surface area contributed by atoms with Crippen molar-refractivity contribution in [2.45, 2.75) is 32.5 Å². The Morgan fingerprint density at radius 3 is 2.39 bits per heavy atom. The predicted molar refractivity (Wildman–Crippen MR) is 224 cm³/mol. The Hall–Kier alpha value is -7.03. The number of allylic oxidation sites excluding steroid dienone is 1. The third-order valence-electron chi connectivity index (χ3n) is 10.9. The van der Waals surface area contributed by atoms with Crippen molar-refractivity contribution in [3.8, 4) is 34.8 Å². The predicted octanol–water partition coefficient (Wildman–Crippen LogP) is 5.44. The normalized spacial score (nSPS) is 18.7. The van der Waals surface area contributed by atoms with Gasteiger partial charge in [-0.15, -0.1) is 0 Å². The van der Waals surface area contributed by atoms with Gasteiger partial charge >= 0.3 is 0 Å². The van der Waals surface area contributed by atoms with E-state index in [4.69, 9.17) is 44.4 Å². The third-order valence-corrected chi connectivity index (χ3v) is 10.9. The number of imidazole rings is 1. The van der Waals surface area contributed by atoms with Crippen LogP contribution in [0, 0.1) is 11.3 Å². The third kappa shape index (κ3) is 6.81. The van der Waals surface area contributed by atoms with E-state index in [2.05, 4.69) is 79.6 Å². The molecule has 0 spiro atoms. The fraction of sp³-hybridized carbons (Fsp3) is 0.310. The van der Waals surface area contributed by atoms with Crippen LogP contribution in [0.1, 0.15) is 32.3 Å². The maximum Gasteiger partial charge on any atom is 0.240 e. The van der Waals surface area contributed by atoms with Gasteiger partial charge < -0.3 is 28.8 Å². The summed E-state index contributed by atoms with van der Waals surface area (Å²) in [5.41, 5.74) is 3.77. The van der Waals surface area contributed by atoms with Gasteiger partial charge in [-0.25, -0.2) is 4.98 Å². The number of aliphatic imine (C=N–C) groups is 1. The zero-order chi connectivity index (χ0) is 39.9. The molecule has 0 bridgehead atoms. The molecule has 2 saturated heterocycles. The number of anilines is 3. The lowest BCUT2D eigenvalue weighted by atomic mass is 10.1. The van der Waals surface area contributed by atoms with Crippen LogP contribution in [-0.2, 0) is 9.47 Å².